The fourth-order valence-electron chi connectivity index (χ4n) is 9.77. The molecule has 5 aromatic carbocycles. The molecule has 0 bridgehead atoms. The number of hydrogen-bond donors (Lipinski definition) is 0. The molecule has 3 unspecified atom stereocenters. The van der Waals surface area contributed by atoms with Crippen LogP contribution < -0.4 is 4.90 Å². The Morgan fingerprint density at radius 1 is 0.722 bits per heavy atom. The van der Waals surface area contributed by atoms with Gasteiger partial charge in [-0.15, -0.1) is 0 Å². The summed E-state index contributed by atoms with van der Waals surface area (Å²) < 4.78 is 2.39. The second-order valence-electron chi connectivity index (χ2n) is 16.0. The Hall–Kier alpha value is -5.86. The second kappa shape index (κ2) is 12.9. The first kappa shape index (κ1) is 32.8. The van der Waals surface area contributed by atoms with E-state index >= 15 is 0 Å². The maximum atomic E-state index is 2.61. The minimum Gasteiger partial charge on any atom is -0.334 e. The van der Waals surface area contributed by atoms with E-state index in [4.69, 9.17) is 0 Å². The highest BCUT2D eigenvalue weighted by molar-refractivity contribution is 6.10. The van der Waals surface area contributed by atoms with Crippen molar-refractivity contribution in [3.63, 3.8) is 0 Å². The topological polar surface area (TPSA) is 8.17 Å². The number of aromatic nitrogens is 1. The van der Waals surface area contributed by atoms with Gasteiger partial charge in [-0.1, -0.05) is 148 Å². The maximum Gasteiger partial charge on any atom is 0.0560 e. The van der Waals surface area contributed by atoms with Gasteiger partial charge < -0.3 is 9.47 Å². The first-order chi connectivity index (χ1) is 26.5. The molecule has 1 heterocycles. The molecule has 0 spiro atoms. The largest absolute Gasteiger partial charge is 0.334 e. The van der Waals surface area contributed by atoms with Crippen LogP contribution >= 0.6 is 0 Å². The van der Waals surface area contributed by atoms with E-state index in [0.717, 1.165) is 19.3 Å². The second-order valence-corrected chi connectivity index (χ2v) is 16.0. The van der Waals surface area contributed by atoms with Crippen LogP contribution in [0.2, 0.25) is 0 Å². The highest BCUT2D eigenvalue weighted by Gasteiger charge is 2.38. The molecule has 1 aromatic heterocycles. The maximum absolute atomic E-state index is 2.61. The molecular formula is C52H46N2. The Morgan fingerprint density at radius 3 is 2.30 bits per heavy atom. The van der Waals surface area contributed by atoms with Gasteiger partial charge in [0.05, 0.1) is 17.1 Å². The lowest BCUT2D eigenvalue weighted by atomic mass is 9.78. The van der Waals surface area contributed by atoms with Crippen molar-refractivity contribution in [2.45, 2.75) is 57.4 Å². The van der Waals surface area contributed by atoms with Crippen molar-refractivity contribution < 1.29 is 0 Å². The third kappa shape index (κ3) is 5.30. The normalized spacial score (nSPS) is 21.3. The predicted octanol–water partition coefficient (Wildman–Crippen LogP) is 13.3. The molecule has 0 aliphatic heterocycles. The van der Waals surface area contributed by atoms with E-state index in [2.05, 4.69) is 200 Å². The Morgan fingerprint density at radius 2 is 1.50 bits per heavy atom. The lowest BCUT2D eigenvalue weighted by molar-refractivity contribution is 0.606. The minimum absolute atomic E-state index is 0.0251. The minimum atomic E-state index is 0.0251. The number of nitrogens with zero attached hydrogens (tertiary/aromatic N) is 2. The Kier molecular flexibility index (Phi) is 7.84. The number of benzene rings is 5. The van der Waals surface area contributed by atoms with Gasteiger partial charge in [0.1, 0.15) is 0 Å². The molecule has 0 saturated heterocycles. The monoisotopic (exact) mass is 698 g/mol. The van der Waals surface area contributed by atoms with Crippen LogP contribution in [-0.4, -0.2) is 10.6 Å². The molecule has 0 N–H and O–H groups in total. The summed E-state index contributed by atoms with van der Waals surface area (Å²) in [5, 5.41) is 2.57. The van der Waals surface area contributed by atoms with Crippen molar-refractivity contribution in [2.75, 3.05) is 4.90 Å². The molecule has 0 saturated carbocycles. The number of hydrogen-bond acceptors (Lipinski definition) is 1. The van der Waals surface area contributed by atoms with Gasteiger partial charge in [0.15, 0.2) is 0 Å². The highest BCUT2D eigenvalue weighted by atomic mass is 15.2. The molecule has 0 radical (unpaired) electrons. The van der Waals surface area contributed by atoms with Crippen LogP contribution in [0.1, 0.15) is 68.2 Å². The van der Waals surface area contributed by atoms with Crippen molar-refractivity contribution in [3.05, 3.63) is 203 Å². The van der Waals surface area contributed by atoms with Gasteiger partial charge in [-0.25, -0.2) is 0 Å². The summed E-state index contributed by atoms with van der Waals surface area (Å²) in [6, 6.07) is 44.9. The lowest BCUT2D eigenvalue weighted by Gasteiger charge is -2.37. The van der Waals surface area contributed by atoms with E-state index in [1.54, 1.807) is 5.57 Å². The molecule has 4 aliphatic rings. The zero-order valence-electron chi connectivity index (χ0n) is 31.4. The van der Waals surface area contributed by atoms with Crippen LogP contribution in [0.25, 0.3) is 38.6 Å². The van der Waals surface area contributed by atoms with Crippen molar-refractivity contribution in [3.8, 4) is 5.69 Å². The van der Waals surface area contributed by atoms with Gasteiger partial charge in [-0.3, -0.25) is 0 Å². The number of fused-ring (bicyclic) bond motifs is 5. The van der Waals surface area contributed by atoms with E-state index in [-0.39, 0.29) is 11.5 Å². The quantitative estimate of drug-likeness (QED) is 0.168. The Labute approximate surface area is 319 Å². The van der Waals surface area contributed by atoms with Gasteiger partial charge >= 0.3 is 0 Å². The van der Waals surface area contributed by atoms with E-state index in [1.165, 1.54) is 72.3 Å². The van der Waals surface area contributed by atoms with Crippen LogP contribution in [0.4, 0.5) is 5.69 Å². The fraction of sp³-hybridized carbons (Fsp3) is 0.192. The molecule has 2 heteroatoms. The number of anilines is 1. The van der Waals surface area contributed by atoms with E-state index in [1.807, 2.05) is 0 Å². The molecule has 264 valence electrons. The van der Waals surface area contributed by atoms with Crippen LogP contribution in [0.15, 0.2) is 181 Å². The average Bonchev–Trinajstić information content (AvgIpc) is 3.67. The number of allylic oxidation sites excluding steroid dienone is 9. The van der Waals surface area contributed by atoms with Crippen molar-refractivity contribution in [2.24, 2.45) is 5.92 Å². The Balaban J connectivity index is 1.01. The summed E-state index contributed by atoms with van der Waals surface area (Å²) in [6.45, 7) is 7.23. The third-order valence-electron chi connectivity index (χ3n) is 12.5. The van der Waals surface area contributed by atoms with Crippen LogP contribution in [0.5, 0.6) is 0 Å². The summed E-state index contributed by atoms with van der Waals surface area (Å²) in [5.41, 5.74) is 16.1. The zero-order valence-corrected chi connectivity index (χ0v) is 31.4. The van der Waals surface area contributed by atoms with Gasteiger partial charge in [0.25, 0.3) is 0 Å². The predicted molar refractivity (Wildman–Crippen MR) is 229 cm³/mol. The van der Waals surface area contributed by atoms with Gasteiger partial charge in [-0.2, -0.15) is 0 Å². The molecule has 3 atom stereocenters. The molecule has 54 heavy (non-hydrogen) atoms. The van der Waals surface area contributed by atoms with Gasteiger partial charge in [0.2, 0.25) is 0 Å². The van der Waals surface area contributed by atoms with E-state index in [0.29, 0.717) is 11.8 Å². The average molecular weight is 699 g/mol. The van der Waals surface area contributed by atoms with Crippen molar-refractivity contribution >= 4 is 38.6 Å². The summed E-state index contributed by atoms with van der Waals surface area (Å²) >= 11 is 0. The smallest absolute Gasteiger partial charge is 0.0560 e. The van der Waals surface area contributed by atoms with Crippen molar-refractivity contribution in [1.82, 2.24) is 4.57 Å². The van der Waals surface area contributed by atoms with Crippen LogP contribution in [-0.2, 0) is 5.41 Å². The molecule has 6 aromatic rings. The SMILES string of the molecule is CC1C=C(N(c2ccc3c(c2)C(C)(C)C2=C3C=CCC2)C2C=CC(c3ccc4c(c3)c3ccccc3n4-c3ccccc3)=CC2)C=CC1c1ccccc1. The number of rotatable bonds is 6. The van der Waals surface area contributed by atoms with E-state index in [9.17, 15) is 0 Å². The highest BCUT2D eigenvalue weighted by Crippen LogP contribution is 2.51. The zero-order chi connectivity index (χ0) is 36.4. The number of para-hydroxylation sites is 2. The summed E-state index contributed by atoms with van der Waals surface area (Å²) in [7, 11) is 0. The van der Waals surface area contributed by atoms with Crippen LogP contribution in [0.3, 0.4) is 0 Å². The molecular weight excluding hydrogens is 653 g/mol. The molecule has 0 amide bonds. The Bertz CT molecular complexity index is 2620. The van der Waals surface area contributed by atoms with Gasteiger partial charge in [-0.05, 0) is 107 Å². The summed E-state index contributed by atoms with van der Waals surface area (Å²) in [5.74, 6) is 0.748. The fourth-order valence-corrected chi connectivity index (χ4v) is 9.77. The van der Waals surface area contributed by atoms with Crippen LogP contribution in [0, 0.1) is 5.92 Å². The standard InChI is InChI=1S/C52H46N2/c1-35-32-41(27-29-43(35)37-14-6-4-7-15-37)53(42-28-30-45-44-18-10-12-20-48(44)52(2,3)49(45)34-42)40-25-22-36(23-26-40)38-24-31-51-47(33-38)46-19-11-13-21-50(46)54(51)39-16-8-5-9-17-39/h4-11,13-19,21-25,27-35,40,43H,12,20,26H2,1-3H3. The molecule has 10 rings (SSSR count). The van der Waals surface area contributed by atoms with E-state index < -0.39 is 0 Å². The molecule has 0 fully saturated rings. The third-order valence-corrected chi connectivity index (χ3v) is 12.5. The van der Waals surface area contributed by atoms with Gasteiger partial charge in [0, 0.05) is 39.2 Å². The first-order valence-corrected chi connectivity index (χ1v) is 19.7. The summed E-state index contributed by atoms with van der Waals surface area (Å²) in [6.07, 6.45) is 22.5. The van der Waals surface area contributed by atoms with Crippen molar-refractivity contribution in [1.29, 1.82) is 0 Å². The molecule has 2 nitrogen and oxygen atoms in total. The lowest BCUT2D eigenvalue weighted by Crippen LogP contribution is -2.35. The summed E-state index contributed by atoms with van der Waals surface area (Å²) in [4.78, 5) is 2.61. The molecule has 4 aliphatic carbocycles. The first-order valence-electron chi connectivity index (χ1n) is 19.7.